The van der Waals surface area contributed by atoms with E-state index in [0.717, 1.165) is 0 Å². The molecule has 0 saturated carbocycles. The van der Waals surface area contributed by atoms with Gasteiger partial charge in [0.05, 0.1) is 13.2 Å². The van der Waals surface area contributed by atoms with E-state index in [1.807, 2.05) is 0 Å². The highest BCUT2D eigenvalue weighted by Gasteiger charge is 2.43. The molecule has 2 saturated heterocycles. The van der Waals surface area contributed by atoms with Crippen LogP contribution < -0.4 is 0 Å². The molecule has 0 aliphatic carbocycles. The van der Waals surface area contributed by atoms with Gasteiger partial charge in [0, 0.05) is 0 Å². The van der Waals surface area contributed by atoms with Gasteiger partial charge in [-0.1, -0.05) is 0 Å². The Morgan fingerprint density at radius 3 is 1.57 bits per heavy atom. The van der Waals surface area contributed by atoms with Crippen molar-refractivity contribution in [1.82, 2.24) is 0 Å². The van der Waals surface area contributed by atoms with Gasteiger partial charge in [-0.15, -0.1) is 0 Å². The normalized spacial score (nSPS) is 43.3. The second kappa shape index (κ2) is 4.52. The van der Waals surface area contributed by atoms with Crippen LogP contribution in [-0.4, -0.2) is 61.4 Å². The fraction of sp³-hybridized carbons (Fsp3) is 1.00. The maximum absolute atomic E-state index is 8.99. The molecule has 2 heterocycles. The lowest BCUT2D eigenvalue weighted by molar-refractivity contribution is -0.0380. The smallest absolute Gasteiger partial charge is 0.147 e. The first-order chi connectivity index (χ1) is 6.86. The Morgan fingerprint density at radius 2 is 1.21 bits per heavy atom. The molecule has 0 aromatic heterocycles. The summed E-state index contributed by atoms with van der Waals surface area (Å²) >= 11 is 0. The topological polar surface area (TPSA) is 77.4 Å². The van der Waals surface area contributed by atoms with E-state index >= 15 is 0 Å². The number of aliphatic hydroxyl groups is 2. The molecule has 0 aromatic carbocycles. The minimum Gasteiger partial charge on any atom is -0.394 e. The summed E-state index contributed by atoms with van der Waals surface area (Å²) in [5.74, 6) is 0. The SMILES string of the molecule is OC[C@H]1OCO[C@@H]1[C@H]1OCO[C@@H]1CO. The predicted octanol–water partition coefficient (Wildman–Crippen LogP) is -1.55. The second-order valence-corrected chi connectivity index (χ2v) is 3.27. The second-order valence-electron chi connectivity index (χ2n) is 3.27. The first kappa shape index (κ1) is 10.3. The van der Waals surface area contributed by atoms with Crippen molar-refractivity contribution in [1.29, 1.82) is 0 Å². The third-order valence-electron chi connectivity index (χ3n) is 2.50. The molecular formula is C8H14O6. The van der Waals surface area contributed by atoms with Crippen LogP contribution >= 0.6 is 0 Å². The fourth-order valence-electron chi connectivity index (χ4n) is 1.74. The van der Waals surface area contributed by atoms with Crippen LogP contribution in [0.15, 0.2) is 0 Å². The van der Waals surface area contributed by atoms with E-state index in [0.29, 0.717) is 0 Å². The average molecular weight is 206 g/mol. The van der Waals surface area contributed by atoms with Gasteiger partial charge in [-0.05, 0) is 0 Å². The molecule has 82 valence electrons. The van der Waals surface area contributed by atoms with Gasteiger partial charge in [0.25, 0.3) is 0 Å². The van der Waals surface area contributed by atoms with Crippen LogP contribution in [0.25, 0.3) is 0 Å². The van der Waals surface area contributed by atoms with Gasteiger partial charge in [-0.3, -0.25) is 0 Å². The first-order valence-electron chi connectivity index (χ1n) is 4.55. The largest absolute Gasteiger partial charge is 0.394 e. The van der Waals surface area contributed by atoms with Crippen LogP contribution in [0.4, 0.5) is 0 Å². The average Bonchev–Trinajstić information content (AvgIpc) is 2.85. The molecule has 14 heavy (non-hydrogen) atoms. The summed E-state index contributed by atoms with van der Waals surface area (Å²) in [6.07, 6.45) is -1.51. The number of aliphatic hydroxyl groups excluding tert-OH is 2. The molecule has 2 N–H and O–H groups in total. The van der Waals surface area contributed by atoms with E-state index in [1.165, 1.54) is 0 Å². The molecule has 0 radical (unpaired) electrons. The minimum absolute atomic E-state index is 0.122. The summed E-state index contributed by atoms with van der Waals surface area (Å²) in [5, 5.41) is 18.0. The van der Waals surface area contributed by atoms with E-state index in [2.05, 4.69) is 0 Å². The number of rotatable bonds is 3. The van der Waals surface area contributed by atoms with Gasteiger partial charge in [0.15, 0.2) is 0 Å². The molecule has 0 aromatic rings. The fourth-order valence-corrected chi connectivity index (χ4v) is 1.74. The van der Waals surface area contributed by atoms with Crippen LogP contribution in [0.2, 0.25) is 0 Å². The lowest BCUT2D eigenvalue weighted by atomic mass is 10.0. The van der Waals surface area contributed by atoms with Crippen LogP contribution in [0.1, 0.15) is 0 Å². The third-order valence-corrected chi connectivity index (χ3v) is 2.50. The van der Waals surface area contributed by atoms with Crippen molar-refractivity contribution in [3.63, 3.8) is 0 Å². The molecule has 2 rings (SSSR count). The molecule has 0 unspecified atom stereocenters. The number of ether oxygens (including phenoxy) is 4. The van der Waals surface area contributed by atoms with Gasteiger partial charge >= 0.3 is 0 Å². The molecule has 4 atom stereocenters. The molecule has 0 spiro atoms. The molecular weight excluding hydrogens is 192 g/mol. The number of hydrogen-bond donors (Lipinski definition) is 2. The molecule has 6 nitrogen and oxygen atoms in total. The summed E-state index contributed by atoms with van der Waals surface area (Å²) in [6.45, 7) is 0.0488. The third kappa shape index (κ3) is 1.77. The highest BCUT2D eigenvalue weighted by atomic mass is 16.8. The zero-order chi connectivity index (χ0) is 9.97. The Balaban J connectivity index is 1.98. The van der Waals surface area contributed by atoms with Gasteiger partial charge in [0.1, 0.15) is 38.0 Å². The zero-order valence-electron chi connectivity index (χ0n) is 7.67. The zero-order valence-corrected chi connectivity index (χ0v) is 7.67. The van der Waals surface area contributed by atoms with Crippen molar-refractivity contribution in [2.45, 2.75) is 24.4 Å². The minimum atomic E-state index is -0.393. The summed E-state index contributed by atoms with van der Waals surface area (Å²) in [7, 11) is 0. The summed E-state index contributed by atoms with van der Waals surface area (Å²) in [4.78, 5) is 0. The van der Waals surface area contributed by atoms with E-state index in [9.17, 15) is 0 Å². The van der Waals surface area contributed by atoms with Crippen molar-refractivity contribution in [2.24, 2.45) is 0 Å². The molecule has 2 aliphatic rings. The lowest BCUT2D eigenvalue weighted by Crippen LogP contribution is -2.44. The van der Waals surface area contributed by atoms with Crippen molar-refractivity contribution in [2.75, 3.05) is 26.8 Å². The van der Waals surface area contributed by atoms with Crippen LogP contribution in [0, 0.1) is 0 Å². The van der Waals surface area contributed by atoms with Gasteiger partial charge in [-0.2, -0.15) is 0 Å². The maximum atomic E-state index is 8.99. The quantitative estimate of drug-likeness (QED) is 0.582. The Kier molecular flexibility index (Phi) is 3.32. The van der Waals surface area contributed by atoms with Gasteiger partial charge in [-0.25, -0.2) is 0 Å². The Labute approximate surface area is 81.3 Å². The summed E-state index contributed by atoms with van der Waals surface area (Å²) in [6, 6.07) is 0. The maximum Gasteiger partial charge on any atom is 0.147 e. The number of hydrogen-bond acceptors (Lipinski definition) is 6. The highest BCUT2D eigenvalue weighted by molar-refractivity contribution is 4.88. The van der Waals surface area contributed by atoms with Gasteiger partial charge < -0.3 is 29.2 Å². The van der Waals surface area contributed by atoms with E-state index < -0.39 is 12.2 Å². The molecule has 2 aliphatic heterocycles. The summed E-state index contributed by atoms with van der Waals surface area (Å²) in [5.41, 5.74) is 0. The Hall–Kier alpha value is -0.240. The first-order valence-corrected chi connectivity index (χ1v) is 4.55. The summed E-state index contributed by atoms with van der Waals surface area (Å²) < 4.78 is 20.8. The molecule has 0 bridgehead atoms. The van der Waals surface area contributed by atoms with E-state index in [-0.39, 0.29) is 39.0 Å². The van der Waals surface area contributed by atoms with Crippen molar-refractivity contribution in [3.8, 4) is 0 Å². The molecule has 2 fully saturated rings. The lowest BCUT2D eigenvalue weighted by Gasteiger charge is -2.23. The Morgan fingerprint density at radius 1 is 0.786 bits per heavy atom. The van der Waals surface area contributed by atoms with Gasteiger partial charge in [0.2, 0.25) is 0 Å². The molecule has 6 heteroatoms. The predicted molar refractivity (Wildman–Crippen MR) is 43.4 cm³/mol. The van der Waals surface area contributed by atoms with E-state index in [1.54, 1.807) is 0 Å². The van der Waals surface area contributed by atoms with Crippen molar-refractivity contribution in [3.05, 3.63) is 0 Å². The van der Waals surface area contributed by atoms with Crippen LogP contribution in [0.5, 0.6) is 0 Å². The Bertz CT molecular complexity index is 167. The van der Waals surface area contributed by atoms with Crippen LogP contribution in [-0.2, 0) is 18.9 Å². The van der Waals surface area contributed by atoms with Crippen LogP contribution in [0.3, 0.4) is 0 Å². The van der Waals surface area contributed by atoms with Crippen molar-refractivity contribution >= 4 is 0 Å². The highest BCUT2D eigenvalue weighted by Crippen LogP contribution is 2.25. The van der Waals surface area contributed by atoms with Crippen molar-refractivity contribution < 1.29 is 29.2 Å². The monoisotopic (exact) mass is 206 g/mol. The standard InChI is InChI=1S/C8H14O6/c9-1-5-7(13-3-11-5)8-6(2-10)12-4-14-8/h5-10H,1-4H2/t5-,6-,7+,8+/m1/s1. The molecule has 0 amide bonds. The van der Waals surface area contributed by atoms with E-state index in [4.69, 9.17) is 29.2 Å².